The minimum Gasteiger partial charge on any atom is -0.507 e. The van der Waals surface area contributed by atoms with Gasteiger partial charge in [-0.25, -0.2) is 9.37 Å². The number of aromatic hydroxyl groups is 1. The molecule has 7 nitrogen and oxygen atoms in total. The van der Waals surface area contributed by atoms with Gasteiger partial charge in [0.2, 0.25) is 0 Å². The van der Waals surface area contributed by atoms with Crippen molar-refractivity contribution in [3.05, 3.63) is 89.2 Å². The number of Topliss-reactive ketones (excluding diaryl/α,β-unsaturated/α-hetero) is 1. The average molecular weight is 491 g/mol. The smallest absolute Gasteiger partial charge is 0.301 e. The first-order valence-corrected chi connectivity index (χ1v) is 11.6. The molecule has 2 heterocycles. The number of halogens is 1. The predicted octanol–water partition coefficient (Wildman–Crippen LogP) is 5.17. The number of benzene rings is 3. The summed E-state index contributed by atoms with van der Waals surface area (Å²) in [6.45, 7) is 2.04. The van der Waals surface area contributed by atoms with Crippen molar-refractivity contribution >= 4 is 44.1 Å². The number of thiazole rings is 1. The number of phenols is 1. The predicted molar refractivity (Wildman–Crippen MR) is 130 cm³/mol. The molecule has 1 aliphatic heterocycles. The van der Waals surface area contributed by atoms with E-state index in [4.69, 9.17) is 4.74 Å². The van der Waals surface area contributed by atoms with Crippen molar-refractivity contribution in [2.45, 2.75) is 13.0 Å². The van der Waals surface area contributed by atoms with Gasteiger partial charge in [-0.1, -0.05) is 47.7 Å². The van der Waals surface area contributed by atoms with Gasteiger partial charge in [-0.15, -0.1) is 0 Å². The van der Waals surface area contributed by atoms with Gasteiger partial charge in [-0.3, -0.25) is 14.5 Å². The molecule has 1 atom stereocenters. The number of ether oxygens (including phenoxy) is 1. The molecule has 0 spiro atoms. The maximum atomic E-state index is 13.8. The van der Waals surface area contributed by atoms with Crippen LogP contribution in [0.2, 0.25) is 0 Å². The zero-order chi connectivity index (χ0) is 24.7. The minimum atomic E-state index is -1.06. The van der Waals surface area contributed by atoms with Crippen LogP contribution >= 0.6 is 11.3 Å². The molecule has 9 heteroatoms. The first-order valence-electron chi connectivity index (χ1n) is 10.8. The van der Waals surface area contributed by atoms with E-state index in [1.54, 1.807) is 43.3 Å². The van der Waals surface area contributed by atoms with E-state index in [0.717, 1.165) is 11.3 Å². The van der Waals surface area contributed by atoms with Crippen molar-refractivity contribution < 1.29 is 28.9 Å². The fraction of sp³-hybridized carbons (Fsp3) is 0.115. The number of fused-ring (bicyclic) bond motifs is 1. The van der Waals surface area contributed by atoms with Crippen LogP contribution in [0.5, 0.6) is 11.5 Å². The van der Waals surface area contributed by atoms with E-state index in [-0.39, 0.29) is 34.6 Å². The van der Waals surface area contributed by atoms with Crippen LogP contribution in [0, 0.1) is 5.82 Å². The molecule has 1 aromatic heterocycles. The summed E-state index contributed by atoms with van der Waals surface area (Å²) in [6.07, 6.45) is 0. The van der Waals surface area contributed by atoms with E-state index in [1.807, 2.05) is 0 Å². The lowest BCUT2D eigenvalue weighted by molar-refractivity contribution is -0.132. The number of ketones is 1. The molecule has 0 bridgehead atoms. The van der Waals surface area contributed by atoms with Crippen molar-refractivity contribution in [3.63, 3.8) is 0 Å². The normalized spacial score (nSPS) is 17.3. The topological polar surface area (TPSA) is 100.0 Å². The molecule has 1 saturated heterocycles. The highest BCUT2D eigenvalue weighted by molar-refractivity contribution is 7.22. The summed E-state index contributed by atoms with van der Waals surface area (Å²) in [7, 11) is 0. The Hall–Kier alpha value is -4.24. The molecule has 0 radical (unpaired) electrons. The lowest BCUT2D eigenvalue weighted by atomic mass is 9.95. The number of carbonyl (C=O) groups is 2. The maximum absolute atomic E-state index is 13.8. The molecular weight excluding hydrogens is 471 g/mol. The lowest BCUT2D eigenvalue weighted by Crippen LogP contribution is -2.29. The van der Waals surface area contributed by atoms with Crippen molar-refractivity contribution in [1.29, 1.82) is 0 Å². The van der Waals surface area contributed by atoms with Crippen LogP contribution in [0.15, 0.2) is 72.3 Å². The fourth-order valence-corrected chi connectivity index (χ4v) is 5.08. The molecule has 35 heavy (non-hydrogen) atoms. The van der Waals surface area contributed by atoms with E-state index in [9.17, 15) is 24.2 Å². The number of carbonyl (C=O) groups excluding carboxylic acids is 2. The Bertz CT molecular complexity index is 1500. The van der Waals surface area contributed by atoms with E-state index in [0.29, 0.717) is 21.3 Å². The van der Waals surface area contributed by atoms with Gasteiger partial charge in [0.05, 0.1) is 28.4 Å². The summed E-state index contributed by atoms with van der Waals surface area (Å²) in [5, 5.41) is 21.5. The van der Waals surface area contributed by atoms with Crippen LogP contribution in [0.4, 0.5) is 9.52 Å². The number of amides is 1. The third kappa shape index (κ3) is 3.89. The molecular formula is C26H19FN2O5S. The largest absolute Gasteiger partial charge is 0.507 e. The number of rotatable bonds is 5. The molecule has 1 amide bonds. The Morgan fingerprint density at radius 2 is 1.89 bits per heavy atom. The third-order valence-corrected chi connectivity index (χ3v) is 6.65. The Morgan fingerprint density at radius 1 is 1.11 bits per heavy atom. The number of nitrogens with zero attached hydrogens (tertiary/aromatic N) is 2. The number of aliphatic hydroxyl groups excluding tert-OH is 1. The molecule has 1 fully saturated rings. The van der Waals surface area contributed by atoms with Crippen LogP contribution in [0.1, 0.15) is 24.1 Å². The molecule has 5 rings (SSSR count). The van der Waals surface area contributed by atoms with Gasteiger partial charge in [0.25, 0.3) is 5.78 Å². The van der Waals surface area contributed by atoms with Gasteiger partial charge in [0.15, 0.2) is 16.6 Å². The number of hydrogen-bond acceptors (Lipinski definition) is 7. The van der Waals surface area contributed by atoms with Crippen molar-refractivity contribution in [3.8, 4) is 11.5 Å². The second-order valence-electron chi connectivity index (χ2n) is 7.80. The highest BCUT2D eigenvalue weighted by Gasteiger charge is 2.48. The second-order valence-corrected chi connectivity index (χ2v) is 8.81. The van der Waals surface area contributed by atoms with Crippen LogP contribution in [0.3, 0.4) is 0 Å². The van der Waals surface area contributed by atoms with Gasteiger partial charge in [-0.05, 0) is 42.8 Å². The van der Waals surface area contributed by atoms with Crippen molar-refractivity contribution in [2.24, 2.45) is 0 Å². The van der Waals surface area contributed by atoms with E-state index in [2.05, 4.69) is 4.98 Å². The summed E-state index contributed by atoms with van der Waals surface area (Å²) in [4.78, 5) is 32.2. The van der Waals surface area contributed by atoms with Gasteiger partial charge < -0.3 is 14.9 Å². The minimum absolute atomic E-state index is 0.105. The van der Waals surface area contributed by atoms with Crippen molar-refractivity contribution in [2.75, 3.05) is 11.5 Å². The fourth-order valence-electron chi connectivity index (χ4n) is 4.06. The summed E-state index contributed by atoms with van der Waals surface area (Å²) in [5.41, 5.74) is 1.13. The van der Waals surface area contributed by atoms with E-state index < -0.39 is 23.5 Å². The molecule has 0 aliphatic carbocycles. The lowest BCUT2D eigenvalue weighted by Gasteiger charge is -2.23. The molecule has 0 saturated carbocycles. The number of aromatic nitrogens is 1. The van der Waals surface area contributed by atoms with Gasteiger partial charge in [0.1, 0.15) is 11.6 Å². The van der Waals surface area contributed by atoms with E-state index in [1.165, 1.54) is 35.2 Å². The molecule has 2 N–H and O–H groups in total. The van der Waals surface area contributed by atoms with Gasteiger partial charge in [-0.2, -0.15) is 0 Å². The standard InChI is InChI=1S/C26H19FN2O5S/c1-2-34-19-12-15(8-11-18(19)30)22-21(23(31)14-6-4-3-5-7-14)24(32)25(33)29(22)26-28-17-10-9-16(27)13-20(17)35-26/h3-13,22,30-31H,2H2,1H3/b23-21+. The summed E-state index contributed by atoms with van der Waals surface area (Å²) in [5.74, 6) is -2.48. The van der Waals surface area contributed by atoms with Gasteiger partial charge >= 0.3 is 5.91 Å². The quantitative estimate of drug-likeness (QED) is 0.228. The first kappa shape index (κ1) is 22.5. The number of phenolic OH excluding ortho intramolecular Hbond substituents is 1. The maximum Gasteiger partial charge on any atom is 0.301 e. The Morgan fingerprint density at radius 3 is 2.63 bits per heavy atom. The Kier molecular flexibility index (Phi) is 5.70. The third-order valence-electron chi connectivity index (χ3n) is 5.64. The number of aliphatic hydroxyl groups is 1. The summed E-state index contributed by atoms with van der Waals surface area (Å²) in [6, 6.07) is 15.9. The highest BCUT2D eigenvalue weighted by atomic mass is 32.1. The Labute approximate surface area is 203 Å². The Balaban J connectivity index is 1.74. The number of hydrogen-bond donors (Lipinski definition) is 2. The summed E-state index contributed by atoms with van der Waals surface area (Å²) >= 11 is 1.06. The molecule has 1 unspecified atom stereocenters. The average Bonchev–Trinajstić information content (AvgIpc) is 3.38. The van der Waals surface area contributed by atoms with Crippen LogP contribution in [-0.4, -0.2) is 33.5 Å². The van der Waals surface area contributed by atoms with Crippen LogP contribution in [-0.2, 0) is 9.59 Å². The highest BCUT2D eigenvalue weighted by Crippen LogP contribution is 2.45. The van der Waals surface area contributed by atoms with Crippen LogP contribution in [0.25, 0.3) is 16.0 Å². The molecule has 3 aromatic carbocycles. The molecule has 4 aromatic rings. The van der Waals surface area contributed by atoms with Crippen molar-refractivity contribution in [1.82, 2.24) is 4.98 Å². The SMILES string of the molecule is CCOc1cc(C2/C(=C(\O)c3ccccc3)C(=O)C(=O)N2c2nc3ccc(F)cc3s2)ccc1O. The van der Waals surface area contributed by atoms with Crippen LogP contribution < -0.4 is 9.64 Å². The zero-order valence-corrected chi connectivity index (χ0v) is 19.3. The zero-order valence-electron chi connectivity index (χ0n) is 18.4. The van der Waals surface area contributed by atoms with E-state index >= 15 is 0 Å². The number of anilines is 1. The monoisotopic (exact) mass is 490 g/mol. The first-order chi connectivity index (χ1) is 16.9. The van der Waals surface area contributed by atoms with Gasteiger partial charge in [0, 0.05) is 5.56 Å². The second kappa shape index (κ2) is 8.84. The molecule has 176 valence electrons. The summed E-state index contributed by atoms with van der Waals surface area (Å²) < 4.78 is 19.8. The molecule has 1 aliphatic rings.